The number of hydroxylamine groups is 2. The summed E-state index contributed by atoms with van der Waals surface area (Å²) in [7, 11) is 0. The van der Waals surface area contributed by atoms with Crippen molar-refractivity contribution in [2.75, 3.05) is 12.3 Å². The molecular weight excluding hydrogens is 226 g/mol. The smallest absolute Gasteiger partial charge is 0.240 e. The highest BCUT2D eigenvalue weighted by molar-refractivity contribution is 7.14. The fraction of sp³-hybridized carbons (Fsp3) is 0.500. The maximum Gasteiger partial charge on any atom is 0.240 e. The zero-order chi connectivity index (χ0) is 11.1. The molecule has 0 aliphatic carbocycles. The van der Waals surface area contributed by atoms with E-state index < -0.39 is 0 Å². The van der Waals surface area contributed by atoms with E-state index in [0.29, 0.717) is 6.54 Å². The molecule has 3 N–H and O–H groups in total. The molecule has 1 atom stereocenters. The Bertz CT molecular complexity index is 432. The van der Waals surface area contributed by atoms with Gasteiger partial charge in [-0.1, -0.05) is 0 Å². The van der Waals surface area contributed by atoms with Crippen molar-refractivity contribution in [3.05, 3.63) is 10.9 Å². The first kappa shape index (κ1) is 9.92. The summed E-state index contributed by atoms with van der Waals surface area (Å²) in [6.07, 6.45) is 1.85. The Hall–Kier alpha value is -1.27. The van der Waals surface area contributed by atoms with Crippen LogP contribution in [0.1, 0.15) is 18.4 Å². The normalized spacial score (nSPS) is 25.0. The molecule has 3 rings (SSSR count). The lowest BCUT2D eigenvalue weighted by Crippen LogP contribution is -2.49. The molecule has 16 heavy (non-hydrogen) atoms. The van der Waals surface area contributed by atoms with Crippen LogP contribution in [0.25, 0.3) is 0 Å². The third-order valence-electron chi connectivity index (χ3n) is 3.02. The Labute approximate surface area is 97.1 Å². The number of amides is 1. The lowest BCUT2D eigenvalue weighted by molar-refractivity contribution is -0.145. The first-order valence-corrected chi connectivity index (χ1v) is 6.22. The molecule has 0 unspecified atom stereocenters. The average molecular weight is 239 g/mol. The summed E-state index contributed by atoms with van der Waals surface area (Å²) >= 11 is 1.48. The maximum absolute atomic E-state index is 11.7. The topological polar surface area (TPSA) is 67.6 Å². The van der Waals surface area contributed by atoms with Crippen LogP contribution in [-0.4, -0.2) is 23.6 Å². The van der Waals surface area contributed by atoms with E-state index in [4.69, 9.17) is 10.6 Å². The number of carbonyl (C=O) groups is 1. The van der Waals surface area contributed by atoms with Crippen molar-refractivity contribution in [2.45, 2.75) is 25.4 Å². The second-order valence-corrected chi connectivity index (χ2v) is 4.97. The fourth-order valence-electron chi connectivity index (χ4n) is 2.13. The number of rotatable bonds is 1. The van der Waals surface area contributed by atoms with Crippen molar-refractivity contribution in [1.29, 1.82) is 0 Å². The number of hydrogen-bond donors (Lipinski definition) is 2. The van der Waals surface area contributed by atoms with Crippen LogP contribution in [-0.2, 0) is 11.3 Å². The first-order valence-electron chi connectivity index (χ1n) is 5.34. The van der Waals surface area contributed by atoms with Crippen molar-refractivity contribution in [2.24, 2.45) is 0 Å². The standard InChI is InChI=1S/C10H13N3O2S/c11-9-6-4-13(15-8(6)5-16-9)7-2-1-3-12-10(7)14/h5,7H,1-4,11H2,(H,12,14)/t7-/m0/s1. The fourth-order valence-corrected chi connectivity index (χ4v) is 2.86. The van der Waals surface area contributed by atoms with Gasteiger partial charge >= 0.3 is 0 Å². The summed E-state index contributed by atoms with van der Waals surface area (Å²) in [6, 6.07) is -0.175. The van der Waals surface area contributed by atoms with Crippen LogP contribution < -0.4 is 15.9 Å². The molecular formula is C10H13N3O2S. The second-order valence-electron chi connectivity index (χ2n) is 4.06. The van der Waals surface area contributed by atoms with Crippen LogP contribution in [0.3, 0.4) is 0 Å². The van der Waals surface area contributed by atoms with E-state index in [2.05, 4.69) is 5.32 Å². The molecule has 1 aromatic rings. The van der Waals surface area contributed by atoms with Crippen molar-refractivity contribution in [3.8, 4) is 5.75 Å². The van der Waals surface area contributed by atoms with Gasteiger partial charge in [0.25, 0.3) is 0 Å². The van der Waals surface area contributed by atoms with Gasteiger partial charge < -0.3 is 15.9 Å². The van der Waals surface area contributed by atoms with Gasteiger partial charge in [0.15, 0.2) is 5.75 Å². The number of fused-ring (bicyclic) bond motifs is 1. The van der Waals surface area contributed by atoms with Crippen LogP contribution in [0.4, 0.5) is 5.00 Å². The van der Waals surface area contributed by atoms with Crippen LogP contribution in [0.15, 0.2) is 5.38 Å². The van der Waals surface area contributed by atoms with E-state index in [1.807, 2.05) is 5.38 Å². The Morgan fingerprint density at radius 2 is 2.50 bits per heavy atom. The Morgan fingerprint density at radius 1 is 1.62 bits per heavy atom. The number of carbonyl (C=O) groups excluding carboxylic acids is 1. The predicted molar refractivity (Wildman–Crippen MR) is 60.9 cm³/mol. The number of nitrogens with two attached hydrogens (primary N) is 1. The molecule has 0 aromatic carbocycles. The number of thiophene rings is 1. The highest BCUT2D eigenvalue weighted by atomic mass is 32.1. The first-order chi connectivity index (χ1) is 7.75. The lowest BCUT2D eigenvalue weighted by atomic mass is 10.1. The molecule has 6 heteroatoms. The van der Waals surface area contributed by atoms with E-state index in [1.54, 1.807) is 5.06 Å². The van der Waals surface area contributed by atoms with E-state index >= 15 is 0 Å². The van der Waals surface area contributed by atoms with Crippen molar-refractivity contribution < 1.29 is 9.63 Å². The quantitative estimate of drug-likeness (QED) is 0.757. The van der Waals surface area contributed by atoms with Gasteiger partial charge in [0.1, 0.15) is 6.04 Å². The van der Waals surface area contributed by atoms with E-state index in [-0.39, 0.29) is 11.9 Å². The molecule has 2 aliphatic rings. The van der Waals surface area contributed by atoms with E-state index in [0.717, 1.165) is 35.7 Å². The summed E-state index contributed by atoms with van der Waals surface area (Å²) in [5.74, 6) is 0.861. The second kappa shape index (κ2) is 3.64. The van der Waals surface area contributed by atoms with Gasteiger partial charge in [-0.25, -0.2) is 0 Å². The van der Waals surface area contributed by atoms with Crippen LogP contribution >= 0.6 is 11.3 Å². The minimum absolute atomic E-state index is 0.0543. The number of anilines is 1. The SMILES string of the molecule is Nc1scc2c1CN([C@H]1CCCNC1=O)O2. The molecule has 5 nitrogen and oxygen atoms in total. The molecule has 1 aromatic heterocycles. The summed E-state index contributed by atoms with van der Waals surface area (Å²) in [5.41, 5.74) is 6.85. The largest absolute Gasteiger partial charge is 0.404 e. The summed E-state index contributed by atoms with van der Waals surface area (Å²) in [5, 5.41) is 7.27. The van der Waals surface area contributed by atoms with Gasteiger partial charge in [-0.2, -0.15) is 0 Å². The minimum Gasteiger partial charge on any atom is -0.404 e. The number of hydrogen-bond acceptors (Lipinski definition) is 5. The predicted octanol–water partition coefficient (Wildman–Crippen LogP) is 0.718. The third-order valence-corrected chi connectivity index (χ3v) is 3.85. The summed E-state index contributed by atoms with van der Waals surface area (Å²) in [6.45, 7) is 1.38. The van der Waals surface area contributed by atoms with Gasteiger partial charge in [0.2, 0.25) is 5.91 Å². The highest BCUT2D eigenvalue weighted by Crippen LogP contribution is 2.39. The summed E-state index contributed by atoms with van der Waals surface area (Å²) in [4.78, 5) is 17.3. The molecule has 0 saturated carbocycles. The monoisotopic (exact) mass is 239 g/mol. The van der Waals surface area contributed by atoms with Gasteiger partial charge in [-0.05, 0) is 12.8 Å². The maximum atomic E-state index is 11.7. The molecule has 0 bridgehead atoms. The molecule has 1 fully saturated rings. The molecule has 2 aliphatic heterocycles. The minimum atomic E-state index is -0.175. The molecule has 3 heterocycles. The van der Waals surface area contributed by atoms with Gasteiger partial charge in [-0.15, -0.1) is 16.4 Å². The van der Waals surface area contributed by atoms with E-state index in [1.165, 1.54) is 11.3 Å². The molecule has 86 valence electrons. The third kappa shape index (κ3) is 1.45. The lowest BCUT2D eigenvalue weighted by Gasteiger charge is -2.28. The zero-order valence-corrected chi connectivity index (χ0v) is 9.55. The summed E-state index contributed by atoms with van der Waals surface area (Å²) < 4.78 is 0. The number of nitrogen functional groups attached to an aromatic ring is 1. The zero-order valence-electron chi connectivity index (χ0n) is 8.73. The van der Waals surface area contributed by atoms with Gasteiger partial charge in [-0.3, -0.25) is 4.79 Å². The Morgan fingerprint density at radius 3 is 3.25 bits per heavy atom. The number of nitrogens with zero attached hydrogens (tertiary/aromatic N) is 1. The number of nitrogens with one attached hydrogen (secondary N) is 1. The van der Waals surface area contributed by atoms with Gasteiger partial charge in [0.05, 0.1) is 11.5 Å². The molecule has 0 spiro atoms. The van der Waals surface area contributed by atoms with Gasteiger partial charge in [0, 0.05) is 17.5 Å². The van der Waals surface area contributed by atoms with Crippen LogP contribution in [0, 0.1) is 0 Å². The molecule has 1 amide bonds. The van der Waals surface area contributed by atoms with Crippen molar-refractivity contribution >= 4 is 22.2 Å². The highest BCUT2D eigenvalue weighted by Gasteiger charge is 2.35. The molecule has 0 radical (unpaired) electrons. The molecule has 1 saturated heterocycles. The van der Waals surface area contributed by atoms with Crippen LogP contribution in [0.5, 0.6) is 5.75 Å². The van der Waals surface area contributed by atoms with E-state index in [9.17, 15) is 4.79 Å². The van der Waals surface area contributed by atoms with Crippen molar-refractivity contribution in [1.82, 2.24) is 10.4 Å². The Kier molecular flexibility index (Phi) is 2.26. The Balaban J connectivity index is 1.77. The van der Waals surface area contributed by atoms with Crippen molar-refractivity contribution in [3.63, 3.8) is 0 Å². The number of piperidine rings is 1. The van der Waals surface area contributed by atoms with Crippen LogP contribution in [0.2, 0.25) is 0 Å². The average Bonchev–Trinajstić information content (AvgIpc) is 2.82.